The molecule has 1 aliphatic rings. The zero-order chi connectivity index (χ0) is 25.8. The fourth-order valence-corrected chi connectivity index (χ4v) is 5.68. The number of nitrogens with zero attached hydrogens (tertiary/aromatic N) is 2. The molecule has 0 amide bonds. The standard InChI is InChI=1S/C33H29FN2O2/c34-30-18-19-31(32-29(30)17-10-20-35-32)38-24-28-23-37-22-21-36(28)33(25-11-4-1-5-12-25,26-13-6-2-7-14-26)27-15-8-3-9-16-27/h1-20,28H,21-24H2. The first-order valence-electron chi connectivity index (χ1n) is 13.0. The van der Waals surface area contributed by atoms with Crippen LogP contribution in [0.2, 0.25) is 0 Å². The third-order valence-corrected chi connectivity index (χ3v) is 7.34. The smallest absolute Gasteiger partial charge is 0.145 e. The second kappa shape index (κ2) is 10.7. The Labute approximate surface area is 222 Å². The number of rotatable bonds is 7. The van der Waals surface area contributed by atoms with E-state index in [2.05, 4.69) is 101 Å². The number of hydrogen-bond acceptors (Lipinski definition) is 4. The zero-order valence-corrected chi connectivity index (χ0v) is 21.0. The fraction of sp³-hybridized carbons (Fsp3) is 0.182. The van der Waals surface area contributed by atoms with Crippen LogP contribution in [0.3, 0.4) is 0 Å². The van der Waals surface area contributed by atoms with Crippen molar-refractivity contribution in [2.75, 3.05) is 26.4 Å². The Kier molecular flexibility index (Phi) is 6.86. The highest BCUT2D eigenvalue weighted by Crippen LogP contribution is 2.44. The molecular weight excluding hydrogens is 475 g/mol. The molecule has 2 heterocycles. The average molecular weight is 505 g/mol. The quantitative estimate of drug-likeness (QED) is 0.239. The highest BCUT2D eigenvalue weighted by molar-refractivity contribution is 5.84. The van der Waals surface area contributed by atoms with Crippen molar-refractivity contribution in [1.29, 1.82) is 0 Å². The first-order chi connectivity index (χ1) is 18.8. The first kappa shape index (κ1) is 24.3. The number of ether oxygens (including phenoxy) is 2. The van der Waals surface area contributed by atoms with E-state index in [0.717, 1.165) is 6.54 Å². The molecule has 0 bridgehead atoms. The van der Waals surface area contributed by atoms with E-state index < -0.39 is 5.54 Å². The van der Waals surface area contributed by atoms with Crippen molar-refractivity contribution in [2.24, 2.45) is 0 Å². The number of halogens is 1. The predicted octanol–water partition coefficient (Wildman–Crippen LogP) is 6.45. The van der Waals surface area contributed by atoms with Gasteiger partial charge in [0, 0.05) is 18.1 Å². The lowest BCUT2D eigenvalue weighted by molar-refractivity contribution is -0.0571. The van der Waals surface area contributed by atoms with Crippen molar-refractivity contribution in [3.63, 3.8) is 0 Å². The second-order valence-electron chi connectivity index (χ2n) is 9.49. The molecule has 38 heavy (non-hydrogen) atoms. The van der Waals surface area contributed by atoms with E-state index in [1.54, 1.807) is 24.4 Å². The number of morpholine rings is 1. The van der Waals surface area contributed by atoms with E-state index >= 15 is 0 Å². The van der Waals surface area contributed by atoms with Gasteiger partial charge in [0.2, 0.25) is 0 Å². The summed E-state index contributed by atoms with van der Waals surface area (Å²) in [6, 6.07) is 38.4. The normalized spacial score (nSPS) is 16.4. The minimum Gasteiger partial charge on any atom is -0.490 e. The van der Waals surface area contributed by atoms with Crippen LogP contribution < -0.4 is 4.74 Å². The SMILES string of the molecule is Fc1ccc(OCC2COCCN2C(c2ccccc2)(c2ccccc2)c2ccccc2)c2ncccc12. The molecular formula is C33H29FN2O2. The Morgan fingerprint density at radius 2 is 1.39 bits per heavy atom. The summed E-state index contributed by atoms with van der Waals surface area (Å²) in [5, 5.41) is 0.453. The molecule has 4 aromatic carbocycles. The van der Waals surface area contributed by atoms with Gasteiger partial charge in [-0.1, -0.05) is 91.0 Å². The van der Waals surface area contributed by atoms with Crippen molar-refractivity contribution in [2.45, 2.75) is 11.6 Å². The van der Waals surface area contributed by atoms with E-state index in [1.807, 2.05) is 0 Å². The maximum atomic E-state index is 14.4. The van der Waals surface area contributed by atoms with Crippen molar-refractivity contribution >= 4 is 10.9 Å². The van der Waals surface area contributed by atoms with Crippen LogP contribution in [0.25, 0.3) is 10.9 Å². The molecule has 1 unspecified atom stereocenters. The number of benzene rings is 4. The molecule has 4 nitrogen and oxygen atoms in total. The maximum absolute atomic E-state index is 14.4. The molecule has 1 aliphatic heterocycles. The molecule has 1 atom stereocenters. The Balaban J connectivity index is 1.46. The predicted molar refractivity (Wildman–Crippen MR) is 148 cm³/mol. The van der Waals surface area contributed by atoms with E-state index in [0.29, 0.717) is 36.5 Å². The highest BCUT2D eigenvalue weighted by atomic mass is 19.1. The summed E-state index contributed by atoms with van der Waals surface area (Å²) >= 11 is 0. The van der Waals surface area contributed by atoms with Crippen LogP contribution in [-0.2, 0) is 10.3 Å². The van der Waals surface area contributed by atoms with E-state index in [-0.39, 0.29) is 11.9 Å². The lowest BCUT2D eigenvalue weighted by atomic mass is 9.74. The Morgan fingerprint density at radius 3 is 2.00 bits per heavy atom. The minimum absolute atomic E-state index is 0.0758. The van der Waals surface area contributed by atoms with Crippen LogP contribution >= 0.6 is 0 Å². The van der Waals surface area contributed by atoms with Gasteiger partial charge in [-0.15, -0.1) is 0 Å². The summed E-state index contributed by atoms with van der Waals surface area (Å²) in [5.74, 6) is 0.261. The Bertz CT molecular complexity index is 1400. The van der Waals surface area contributed by atoms with Crippen LogP contribution in [0.15, 0.2) is 121 Å². The third-order valence-electron chi connectivity index (χ3n) is 7.34. The summed E-state index contributed by atoms with van der Waals surface area (Å²) in [6.45, 7) is 2.22. The summed E-state index contributed by atoms with van der Waals surface area (Å²) in [7, 11) is 0. The monoisotopic (exact) mass is 504 g/mol. The van der Waals surface area contributed by atoms with Crippen LogP contribution in [-0.4, -0.2) is 42.3 Å². The topological polar surface area (TPSA) is 34.6 Å². The van der Waals surface area contributed by atoms with Gasteiger partial charge in [0.05, 0.1) is 24.8 Å². The Hall–Kier alpha value is -4.06. The van der Waals surface area contributed by atoms with Gasteiger partial charge < -0.3 is 9.47 Å². The van der Waals surface area contributed by atoms with E-state index in [1.165, 1.54) is 22.8 Å². The fourth-order valence-electron chi connectivity index (χ4n) is 5.68. The molecule has 1 aromatic heterocycles. The number of pyridine rings is 1. The van der Waals surface area contributed by atoms with Crippen LogP contribution in [0.5, 0.6) is 5.75 Å². The maximum Gasteiger partial charge on any atom is 0.145 e. The van der Waals surface area contributed by atoms with E-state index in [4.69, 9.17) is 9.47 Å². The minimum atomic E-state index is -0.565. The van der Waals surface area contributed by atoms with Gasteiger partial charge in [-0.2, -0.15) is 0 Å². The average Bonchev–Trinajstić information content (AvgIpc) is 3.00. The molecule has 1 fully saturated rings. The van der Waals surface area contributed by atoms with Gasteiger partial charge >= 0.3 is 0 Å². The van der Waals surface area contributed by atoms with Crippen molar-refractivity contribution in [3.05, 3.63) is 144 Å². The molecule has 1 saturated heterocycles. The number of hydrogen-bond donors (Lipinski definition) is 0. The lowest BCUT2D eigenvalue weighted by Gasteiger charge is -2.50. The van der Waals surface area contributed by atoms with Gasteiger partial charge in [0.25, 0.3) is 0 Å². The van der Waals surface area contributed by atoms with Gasteiger partial charge in [0.15, 0.2) is 0 Å². The molecule has 0 N–H and O–H groups in total. The summed E-state index contributed by atoms with van der Waals surface area (Å²) in [5.41, 5.74) is 3.50. The number of fused-ring (bicyclic) bond motifs is 1. The number of aromatic nitrogens is 1. The van der Waals surface area contributed by atoms with Gasteiger partial charge in [-0.3, -0.25) is 9.88 Å². The largest absolute Gasteiger partial charge is 0.490 e. The summed E-state index contributed by atoms with van der Waals surface area (Å²) in [6.07, 6.45) is 1.66. The van der Waals surface area contributed by atoms with Gasteiger partial charge in [0.1, 0.15) is 23.7 Å². The van der Waals surface area contributed by atoms with Crippen molar-refractivity contribution in [1.82, 2.24) is 9.88 Å². The molecule has 0 radical (unpaired) electrons. The Morgan fingerprint density at radius 1 is 0.789 bits per heavy atom. The molecule has 5 aromatic rings. The lowest BCUT2D eigenvalue weighted by Crippen LogP contribution is -2.59. The van der Waals surface area contributed by atoms with Crippen molar-refractivity contribution < 1.29 is 13.9 Å². The van der Waals surface area contributed by atoms with E-state index in [9.17, 15) is 4.39 Å². The molecule has 0 saturated carbocycles. The van der Waals surface area contributed by atoms with Crippen LogP contribution in [0, 0.1) is 5.82 Å². The zero-order valence-electron chi connectivity index (χ0n) is 21.0. The molecule has 5 heteroatoms. The first-order valence-corrected chi connectivity index (χ1v) is 13.0. The third kappa shape index (κ3) is 4.34. The van der Waals surface area contributed by atoms with Gasteiger partial charge in [-0.05, 0) is 41.0 Å². The molecule has 190 valence electrons. The second-order valence-corrected chi connectivity index (χ2v) is 9.49. The van der Waals surface area contributed by atoms with Crippen molar-refractivity contribution in [3.8, 4) is 5.75 Å². The molecule has 6 rings (SSSR count). The molecule has 0 aliphatic carbocycles. The summed E-state index contributed by atoms with van der Waals surface area (Å²) in [4.78, 5) is 6.92. The highest BCUT2D eigenvalue weighted by Gasteiger charge is 2.46. The van der Waals surface area contributed by atoms with Gasteiger partial charge in [-0.25, -0.2) is 4.39 Å². The van der Waals surface area contributed by atoms with Crippen LogP contribution in [0.1, 0.15) is 16.7 Å². The van der Waals surface area contributed by atoms with Crippen LogP contribution in [0.4, 0.5) is 4.39 Å². The molecule has 0 spiro atoms. The summed E-state index contributed by atoms with van der Waals surface area (Å²) < 4.78 is 26.8.